The monoisotopic (exact) mass is 267 g/mol. The van der Waals surface area contributed by atoms with Gasteiger partial charge in [-0.3, -0.25) is 4.79 Å². The van der Waals surface area contributed by atoms with Crippen LogP contribution in [0.15, 0.2) is 18.2 Å². The Balaban J connectivity index is -0.000000284. The largest absolute Gasteiger partial charge is 0.358 e. The molecule has 0 N–H and O–H groups in total. The van der Waals surface area contributed by atoms with Crippen LogP contribution in [0.5, 0.6) is 0 Å². The van der Waals surface area contributed by atoms with E-state index in [1.807, 2.05) is 26.8 Å². The Kier molecular flexibility index (Phi) is 15.5. The van der Waals surface area contributed by atoms with Crippen LogP contribution in [0, 0.1) is 20.4 Å². The zero-order valence-corrected chi connectivity index (χ0v) is 12.6. The van der Waals surface area contributed by atoms with E-state index in [9.17, 15) is 4.79 Å². The summed E-state index contributed by atoms with van der Waals surface area (Å²) in [6.45, 7) is 7.48. The summed E-state index contributed by atoms with van der Waals surface area (Å²) in [6, 6.07) is 8.26. The third-order valence-electron chi connectivity index (χ3n) is 1.45. The number of carbonyl (C=O) groups is 1. The molecule has 1 nitrogen and oxygen atoms in total. The SMILES string of the molecule is CC.CC(=O)c1cc[c-]cc1C.[CH3-].[Y]. The van der Waals surface area contributed by atoms with Crippen LogP contribution in [-0.2, 0) is 32.7 Å². The summed E-state index contributed by atoms with van der Waals surface area (Å²) in [6.07, 6.45) is 0. The van der Waals surface area contributed by atoms with Gasteiger partial charge in [-0.25, -0.2) is 0 Å². The number of hydrogen-bond donors (Lipinski definition) is 0. The predicted octanol–water partition coefficient (Wildman–Crippen LogP) is 3.47. The number of benzene rings is 1. The smallest absolute Gasteiger partial charge is 0.136 e. The first-order chi connectivity index (χ1) is 5.72. The molecule has 0 atom stereocenters. The molecule has 1 rings (SSSR count). The number of rotatable bonds is 1. The van der Waals surface area contributed by atoms with E-state index in [-0.39, 0.29) is 45.9 Å². The Labute approximate surface area is 113 Å². The molecule has 0 bridgehead atoms. The van der Waals surface area contributed by atoms with E-state index in [1.165, 1.54) is 0 Å². The van der Waals surface area contributed by atoms with Crippen molar-refractivity contribution in [1.29, 1.82) is 0 Å². The van der Waals surface area contributed by atoms with Gasteiger partial charge in [-0.15, -0.1) is 5.56 Å². The van der Waals surface area contributed by atoms with Gasteiger partial charge in [0.2, 0.25) is 0 Å². The van der Waals surface area contributed by atoms with Crippen molar-refractivity contribution >= 4 is 5.78 Å². The molecule has 0 spiro atoms. The summed E-state index contributed by atoms with van der Waals surface area (Å²) in [5.41, 5.74) is 1.79. The summed E-state index contributed by atoms with van der Waals surface area (Å²) in [5, 5.41) is 0. The van der Waals surface area contributed by atoms with Crippen molar-refractivity contribution in [3.05, 3.63) is 42.8 Å². The molecule has 2 heteroatoms. The number of aryl methyl sites for hydroxylation is 1. The van der Waals surface area contributed by atoms with Crippen LogP contribution < -0.4 is 0 Å². The Morgan fingerprint density at radius 1 is 1.36 bits per heavy atom. The molecule has 1 aromatic rings. The van der Waals surface area contributed by atoms with E-state index < -0.39 is 0 Å². The molecule has 0 aliphatic rings. The number of carbonyl (C=O) groups excluding carboxylic acids is 1. The maximum Gasteiger partial charge on any atom is 0.136 e. The van der Waals surface area contributed by atoms with Crippen molar-refractivity contribution in [3.8, 4) is 0 Å². The van der Waals surface area contributed by atoms with E-state index >= 15 is 0 Å². The molecule has 0 amide bonds. The van der Waals surface area contributed by atoms with Crippen LogP contribution in [0.25, 0.3) is 0 Å². The molecular formula is C12H18OY-2. The van der Waals surface area contributed by atoms with Crippen molar-refractivity contribution in [1.82, 2.24) is 0 Å². The first kappa shape index (κ1) is 19.5. The molecule has 1 aromatic carbocycles. The minimum absolute atomic E-state index is 0. The summed E-state index contributed by atoms with van der Waals surface area (Å²) >= 11 is 0. The van der Waals surface area contributed by atoms with Gasteiger partial charge < -0.3 is 7.43 Å². The molecule has 0 saturated heterocycles. The number of hydrogen-bond acceptors (Lipinski definition) is 1. The second-order valence-corrected chi connectivity index (χ2v) is 2.30. The average Bonchev–Trinajstić information content (AvgIpc) is 2.08. The van der Waals surface area contributed by atoms with Crippen LogP contribution in [0.4, 0.5) is 0 Å². The minimum Gasteiger partial charge on any atom is -0.358 e. The second-order valence-electron chi connectivity index (χ2n) is 2.30. The van der Waals surface area contributed by atoms with Gasteiger partial charge in [0.25, 0.3) is 0 Å². The summed E-state index contributed by atoms with van der Waals surface area (Å²) in [5.74, 6) is 0.117. The van der Waals surface area contributed by atoms with Gasteiger partial charge in [0.05, 0.1) is 0 Å². The molecule has 0 aliphatic carbocycles. The van der Waals surface area contributed by atoms with E-state index in [0.717, 1.165) is 11.1 Å². The van der Waals surface area contributed by atoms with Crippen LogP contribution in [0.2, 0.25) is 0 Å². The van der Waals surface area contributed by atoms with Crippen molar-refractivity contribution in [2.45, 2.75) is 27.7 Å². The Bertz CT molecular complexity index is 256. The minimum atomic E-state index is 0. The maximum atomic E-state index is 10.9. The molecule has 0 aromatic heterocycles. The fraction of sp³-hybridized carbons (Fsp3) is 0.333. The number of ketones is 1. The summed E-state index contributed by atoms with van der Waals surface area (Å²) < 4.78 is 0. The maximum absolute atomic E-state index is 10.9. The average molecular weight is 267 g/mol. The van der Waals surface area contributed by atoms with Crippen LogP contribution in [0.3, 0.4) is 0 Å². The third-order valence-corrected chi connectivity index (χ3v) is 1.45. The van der Waals surface area contributed by atoms with E-state index in [2.05, 4.69) is 6.07 Å². The zero-order valence-electron chi connectivity index (χ0n) is 9.72. The van der Waals surface area contributed by atoms with Crippen LogP contribution in [-0.4, -0.2) is 5.78 Å². The summed E-state index contributed by atoms with van der Waals surface area (Å²) in [7, 11) is 0. The molecule has 0 fully saturated rings. The Morgan fingerprint density at radius 3 is 2.14 bits per heavy atom. The van der Waals surface area contributed by atoms with Gasteiger partial charge in [-0.05, 0) is 6.92 Å². The van der Waals surface area contributed by atoms with Crippen LogP contribution >= 0.6 is 0 Å². The molecule has 1 radical (unpaired) electrons. The fourth-order valence-electron chi connectivity index (χ4n) is 0.909. The Hall–Kier alpha value is -0.00610. The topological polar surface area (TPSA) is 17.1 Å². The fourth-order valence-corrected chi connectivity index (χ4v) is 0.909. The molecule has 77 valence electrons. The predicted molar refractivity (Wildman–Crippen MR) is 57.8 cm³/mol. The van der Waals surface area contributed by atoms with Gasteiger partial charge in [-0.2, -0.15) is 24.3 Å². The van der Waals surface area contributed by atoms with Crippen molar-refractivity contribution in [2.75, 3.05) is 0 Å². The van der Waals surface area contributed by atoms with Crippen LogP contribution in [0.1, 0.15) is 36.7 Å². The van der Waals surface area contributed by atoms with Gasteiger partial charge in [0.1, 0.15) is 5.78 Å². The molecule has 0 heterocycles. The van der Waals surface area contributed by atoms with E-state index in [0.29, 0.717) is 0 Å². The standard InChI is InChI=1S/C9H9O.C2H6.CH3.Y/c1-7-5-3-4-6-9(7)8(2)10;1-2;;/h4-6H,1-2H3;1-2H3;1H3;/q-1;;-1;. The summed E-state index contributed by atoms with van der Waals surface area (Å²) in [4.78, 5) is 10.9. The molecular weight excluding hydrogens is 249 g/mol. The quantitative estimate of drug-likeness (QED) is 0.562. The van der Waals surface area contributed by atoms with Gasteiger partial charge in [0.15, 0.2) is 0 Å². The van der Waals surface area contributed by atoms with E-state index in [4.69, 9.17) is 0 Å². The van der Waals surface area contributed by atoms with Crippen molar-refractivity contribution in [2.24, 2.45) is 0 Å². The first-order valence-electron chi connectivity index (χ1n) is 4.19. The van der Waals surface area contributed by atoms with Gasteiger partial charge in [0, 0.05) is 32.7 Å². The van der Waals surface area contributed by atoms with Gasteiger partial charge in [-0.1, -0.05) is 26.3 Å². The normalized spacial score (nSPS) is 7.14. The molecule has 14 heavy (non-hydrogen) atoms. The number of Topliss-reactive ketones (excluding diaryl/α,β-unsaturated/α-hetero) is 1. The zero-order chi connectivity index (χ0) is 9.56. The second kappa shape index (κ2) is 11.1. The van der Waals surface area contributed by atoms with Crippen molar-refractivity contribution in [3.63, 3.8) is 0 Å². The Morgan fingerprint density at radius 2 is 1.86 bits per heavy atom. The van der Waals surface area contributed by atoms with E-state index in [1.54, 1.807) is 19.1 Å². The molecule has 0 aliphatic heterocycles. The third kappa shape index (κ3) is 6.45. The molecule has 0 unspecified atom stereocenters. The molecule has 0 saturated carbocycles. The first-order valence-corrected chi connectivity index (χ1v) is 4.19. The van der Waals surface area contributed by atoms with Gasteiger partial charge >= 0.3 is 0 Å². The van der Waals surface area contributed by atoms with Crippen molar-refractivity contribution < 1.29 is 37.5 Å².